The molecule has 0 bridgehead atoms. The van der Waals surface area contributed by atoms with E-state index in [1.165, 1.54) is 0 Å². The smallest absolute Gasteiger partial charge is 0.202 e. The number of thioether (sulfide) groups is 1. The van der Waals surface area contributed by atoms with Gasteiger partial charge in [-0.1, -0.05) is 16.9 Å². The molecule has 1 unspecified atom stereocenters. The monoisotopic (exact) mass is 438 g/mol. The normalized spacial score (nSPS) is 16.1. The summed E-state index contributed by atoms with van der Waals surface area (Å²) in [6.07, 6.45) is 3.91. The van der Waals surface area contributed by atoms with Crippen molar-refractivity contribution in [3.63, 3.8) is 0 Å². The van der Waals surface area contributed by atoms with Gasteiger partial charge in [0.1, 0.15) is 5.75 Å². The van der Waals surface area contributed by atoms with Crippen LogP contribution in [0.15, 0.2) is 62.8 Å². The molecular weight excluding hydrogens is 416 g/mol. The molecule has 4 aromatic rings. The second-order valence-corrected chi connectivity index (χ2v) is 8.17. The van der Waals surface area contributed by atoms with Crippen LogP contribution in [0.1, 0.15) is 18.5 Å². The van der Waals surface area contributed by atoms with E-state index in [-0.39, 0.29) is 6.10 Å². The molecule has 1 aromatic carbocycles. The molecule has 0 amide bonds. The number of nitrogens with zero attached hydrogens (tertiary/aromatic N) is 4. The fourth-order valence-electron chi connectivity index (χ4n) is 3.56. The molecule has 8 nitrogen and oxygen atoms in total. The van der Waals surface area contributed by atoms with Crippen molar-refractivity contribution < 1.29 is 18.4 Å². The first-order valence-electron chi connectivity index (χ1n) is 10.1. The quantitative estimate of drug-likeness (QED) is 0.367. The third kappa shape index (κ3) is 4.38. The lowest BCUT2D eigenvalue weighted by atomic mass is 10.2. The average Bonchev–Trinajstić information content (AvgIpc) is 3.61. The zero-order valence-corrected chi connectivity index (χ0v) is 17.9. The van der Waals surface area contributed by atoms with Gasteiger partial charge < -0.3 is 18.4 Å². The van der Waals surface area contributed by atoms with Crippen LogP contribution >= 0.6 is 11.8 Å². The van der Waals surface area contributed by atoms with E-state index in [4.69, 9.17) is 18.4 Å². The molecule has 0 saturated carbocycles. The van der Waals surface area contributed by atoms with Crippen LogP contribution in [0.2, 0.25) is 0 Å². The Morgan fingerprint density at radius 1 is 1.16 bits per heavy atom. The molecule has 1 atom stereocenters. The topological polar surface area (TPSA) is 88.3 Å². The number of hydrogen-bond donors (Lipinski definition) is 0. The lowest BCUT2D eigenvalue weighted by molar-refractivity contribution is 0.0953. The highest BCUT2D eigenvalue weighted by molar-refractivity contribution is 7.98. The maximum Gasteiger partial charge on any atom is 0.202 e. The van der Waals surface area contributed by atoms with E-state index in [0.717, 1.165) is 47.4 Å². The largest absolute Gasteiger partial charge is 0.497 e. The van der Waals surface area contributed by atoms with Gasteiger partial charge in [-0.15, -0.1) is 10.2 Å². The summed E-state index contributed by atoms with van der Waals surface area (Å²) in [6.45, 7) is 1.52. The second-order valence-electron chi connectivity index (χ2n) is 7.23. The summed E-state index contributed by atoms with van der Waals surface area (Å²) >= 11 is 1.57. The Morgan fingerprint density at radius 3 is 2.81 bits per heavy atom. The molecule has 0 N–H and O–H groups in total. The van der Waals surface area contributed by atoms with Crippen LogP contribution in [0.25, 0.3) is 22.9 Å². The molecule has 9 heteroatoms. The lowest BCUT2D eigenvalue weighted by Crippen LogP contribution is -2.16. The van der Waals surface area contributed by atoms with E-state index >= 15 is 0 Å². The molecule has 1 fully saturated rings. The van der Waals surface area contributed by atoms with Gasteiger partial charge in [0.05, 0.1) is 31.7 Å². The molecule has 0 radical (unpaired) electrons. The minimum Gasteiger partial charge on any atom is -0.497 e. The Labute approximate surface area is 183 Å². The summed E-state index contributed by atoms with van der Waals surface area (Å²) in [5.74, 6) is 3.50. The van der Waals surface area contributed by atoms with Crippen LogP contribution in [0.4, 0.5) is 0 Å². The number of aromatic nitrogens is 4. The first-order chi connectivity index (χ1) is 15.3. The molecular formula is C22H22N4O4S. The van der Waals surface area contributed by atoms with Gasteiger partial charge in [0.15, 0.2) is 16.7 Å². The van der Waals surface area contributed by atoms with Crippen molar-refractivity contribution in [2.75, 3.05) is 13.7 Å². The molecule has 1 aliphatic heterocycles. The van der Waals surface area contributed by atoms with Gasteiger partial charge >= 0.3 is 0 Å². The van der Waals surface area contributed by atoms with Crippen molar-refractivity contribution in [1.82, 2.24) is 19.9 Å². The first-order valence-corrected chi connectivity index (χ1v) is 11.1. The molecule has 160 valence electrons. The molecule has 4 heterocycles. The fraction of sp³-hybridized carbons (Fsp3) is 0.318. The van der Waals surface area contributed by atoms with Crippen LogP contribution in [0.3, 0.4) is 0 Å². The van der Waals surface area contributed by atoms with E-state index in [0.29, 0.717) is 23.8 Å². The van der Waals surface area contributed by atoms with Crippen molar-refractivity contribution in [3.05, 3.63) is 54.4 Å². The van der Waals surface area contributed by atoms with Gasteiger partial charge in [-0.2, -0.15) is 0 Å². The third-order valence-corrected chi connectivity index (χ3v) is 6.15. The highest BCUT2D eigenvalue weighted by atomic mass is 32.2. The van der Waals surface area contributed by atoms with Crippen LogP contribution < -0.4 is 4.74 Å². The van der Waals surface area contributed by atoms with Gasteiger partial charge in [0.25, 0.3) is 0 Å². The molecule has 1 aliphatic rings. The Kier molecular flexibility index (Phi) is 5.77. The van der Waals surface area contributed by atoms with Crippen molar-refractivity contribution in [1.29, 1.82) is 0 Å². The van der Waals surface area contributed by atoms with Gasteiger partial charge in [-0.25, -0.2) is 0 Å². The van der Waals surface area contributed by atoms with E-state index in [1.54, 1.807) is 25.1 Å². The summed E-state index contributed by atoms with van der Waals surface area (Å²) in [5.41, 5.74) is 1.80. The molecule has 0 aliphatic carbocycles. The fourth-order valence-corrected chi connectivity index (χ4v) is 4.39. The van der Waals surface area contributed by atoms with Crippen LogP contribution in [0, 0.1) is 0 Å². The summed E-state index contributed by atoms with van der Waals surface area (Å²) in [5, 5.41) is 13.9. The number of benzene rings is 1. The SMILES string of the molecule is COc1ccc(-c2nnc(SCc3cc(-c4ccco4)on3)n2CC2CCCO2)cc1. The van der Waals surface area contributed by atoms with Gasteiger partial charge in [-0.3, -0.25) is 4.57 Å². The first kappa shape index (κ1) is 19.9. The Bertz CT molecular complexity index is 1120. The maximum absolute atomic E-state index is 5.87. The Balaban J connectivity index is 1.37. The van der Waals surface area contributed by atoms with Crippen molar-refractivity contribution in [3.8, 4) is 28.7 Å². The van der Waals surface area contributed by atoms with Gasteiger partial charge in [-0.05, 0) is 49.2 Å². The van der Waals surface area contributed by atoms with Gasteiger partial charge in [0, 0.05) is 24.0 Å². The zero-order valence-electron chi connectivity index (χ0n) is 17.1. The standard InChI is InChI=1S/C22H22N4O4S/c1-27-17-8-6-15(7-9-17)21-23-24-22(26(21)13-18-4-2-10-28-18)31-14-16-12-20(30-25-16)19-5-3-11-29-19/h3,5-9,11-12,18H,2,4,10,13-14H2,1H3. The number of ether oxygens (including phenoxy) is 2. The summed E-state index contributed by atoms with van der Waals surface area (Å²) in [6, 6.07) is 13.4. The Morgan fingerprint density at radius 2 is 2.06 bits per heavy atom. The van der Waals surface area contributed by atoms with Crippen molar-refractivity contribution >= 4 is 11.8 Å². The summed E-state index contributed by atoms with van der Waals surface area (Å²) in [4.78, 5) is 0. The molecule has 31 heavy (non-hydrogen) atoms. The van der Waals surface area contributed by atoms with E-state index in [9.17, 15) is 0 Å². The average molecular weight is 439 g/mol. The minimum absolute atomic E-state index is 0.171. The van der Waals surface area contributed by atoms with E-state index < -0.39 is 0 Å². The minimum atomic E-state index is 0.171. The van der Waals surface area contributed by atoms with Crippen LogP contribution in [-0.4, -0.2) is 39.7 Å². The third-order valence-electron chi connectivity index (χ3n) is 5.15. The highest BCUT2D eigenvalue weighted by Crippen LogP contribution is 2.30. The summed E-state index contributed by atoms with van der Waals surface area (Å²) < 4.78 is 24.1. The van der Waals surface area contributed by atoms with Crippen molar-refractivity contribution in [2.45, 2.75) is 36.4 Å². The lowest BCUT2D eigenvalue weighted by Gasteiger charge is -2.14. The van der Waals surface area contributed by atoms with E-state index in [2.05, 4.69) is 19.9 Å². The van der Waals surface area contributed by atoms with Crippen LogP contribution in [-0.2, 0) is 17.0 Å². The van der Waals surface area contributed by atoms with E-state index in [1.807, 2.05) is 42.5 Å². The number of rotatable bonds is 8. The number of furan rings is 1. The molecule has 1 saturated heterocycles. The number of methoxy groups -OCH3 is 1. The Hall–Kier alpha value is -3.04. The highest BCUT2D eigenvalue weighted by Gasteiger charge is 2.22. The summed E-state index contributed by atoms with van der Waals surface area (Å²) in [7, 11) is 1.66. The maximum atomic E-state index is 5.87. The molecule has 0 spiro atoms. The molecule has 3 aromatic heterocycles. The molecule has 5 rings (SSSR count). The predicted molar refractivity (Wildman–Crippen MR) is 115 cm³/mol. The number of hydrogen-bond acceptors (Lipinski definition) is 8. The predicted octanol–water partition coefficient (Wildman–Crippen LogP) is 4.67. The van der Waals surface area contributed by atoms with Crippen molar-refractivity contribution in [2.24, 2.45) is 0 Å². The second kappa shape index (κ2) is 8.99. The van der Waals surface area contributed by atoms with Gasteiger partial charge in [0.2, 0.25) is 5.76 Å². The van der Waals surface area contributed by atoms with Crippen LogP contribution in [0.5, 0.6) is 5.75 Å². The zero-order chi connectivity index (χ0) is 21.0.